The van der Waals surface area contributed by atoms with Crippen LogP contribution in [0.3, 0.4) is 0 Å². The summed E-state index contributed by atoms with van der Waals surface area (Å²) in [5.74, 6) is 0. The van der Waals surface area contributed by atoms with Gasteiger partial charge in [0.15, 0.2) is 0 Å². The van der Waals surface area contributed by atoms with Crippen molar-refractivity contribution in [2.24, 2.45) is 0 Å². The molecule has 0 aliphatic carbocycles. The molecule has 0 aliphatic rings. The van der Waals surface area contributed by atoms with Gasteiger partial charge in [-0.25, -0.2) is 0 Å². The van der Waals surface area contributed by atoms with Crippen molar-refractivity contribution in [3.8, 4) is 18.0 Å². The van der Waals surface area contributed by atoms with Crippen LogP contribution in [0, 0.1) is 0 Å². The monoisotopic (exact) mass is 266 g/mol. The van der Waals surface area contributed by atoms with Crippen molar-refractivity contribution in [2.45, 2.75) is 0 Å². The van der Waals surface area contributed by atoms with Crippen molar-refractivity contribution in [2.75, 3.05) is 0 Å². The fraction of sp³-hybridized carbons (Fsp3) is 0. The molecule has 3 N–H and O–H groups in total. The van der Waals surface area contributed by atoms with E-state index >= 15 is 0 Å². The van der Waals surface area contributed by atoms with E-state index in [1.165, 1.54) is 0 Å². The smallest absolute Gasteiger partial charge is 0.457 e. The second-order valence-corrected chi connectivity index (χ2v) is 2.73. The van der Waals surface area contributed by atoms with E-state index in [1.54, 1.807) is 0 Å². The number of aromatic nitrogens is 12. The molecule has 3 aromatic heterocycles. The molecule has 0 aromatic carbocycles. The second kappa shape index (κ2) is 4.90. The number of hydrogen-bond acceptors (Lipinski definition) is 12. The molecule has 0 saturated heterocycles. The van der Waals surface area contributed by atoms with Crippen molar-refractivity contribution in [1.82, 2.24) is 61.9 Å². The Balaban J connectivity index is 1.70. The minimum absolute atomic E-state index is 0.128. The molecule has 0 bridgehead atoms. The van der Waals surface area contributed by atoms with Crippen LogP contribution in [0.2, 0.25) is 0 Å². The van der Waals surface area contributed by atoms with E-state index in [0.29, 0.717) is 0 Å². The van der Waals surface area contributed by atoms with Gasteiger partial charge in [-0.05, 0) is 15.6 Å². The van der Waals surface area contributed by atoms with Crippen LogP contribution in [0.25, 0.3) is 0 Å². The summed E-state index contributed by atoms with van der Waals surface area (Å²) >= 11 is 0. The molecule has 0 aliphatic heterocycles. The highest BCUT2D eigenvalue weighted by Crippen LogP contribution is 2.06. The van der Waals surface area contributed by atoms with Crippen molar-refractivity contribution in [1.29, 1.82) is 0 Å². The fourth-order valence-electron chi connectivity index (χ4n) is 0.938. The van der Waals surface area contributed by atoms with Crippen LogP contribution < -0.4 is 14.0 Å². The van der Waals surface area contributed by atoms with Crippen molar-refractivity contribution < 1.29 is 14.0 Å². The third-order valence-electron chi connectivity index (χ3n) is 1.58. The third kappa shape index (κ3) is 2.68. The van der Waals surface area contributed by atoms with Gasteiger partial charge in [0.25, 0.3) is 0 Å². The summed E-state index contributed by atoms with van der Waals surface area (Å²) in [5.41, 5.74) is 0. The van der Waals surface area contributed by atoms with Crippen molar-refractivity contribution in [3.63, 3.8) is 0 Å². The standard InChI is InChI=1S/C3H3BN12O3/c5-1(6-12-11-5)17-4(18-2-7-13-14-8-2)19-3-9-15-16-10-3/h(H,5,6,11,12)(H,7,8,13,14)(H,9,10,15,16). The molecule has 3 heterocycles. The number of tetrazole rings is 3. The lowest BCUT2D eigenvalue weighted by molar-refractivity contribution is 0.277. The highest BCUT2D eigenvalue weighted by molar-refractivity contribution is 6.39. The molecule has 15 nitrogen and oxygen atoms in total. The van der Waals surface area contributed by atoms with E-state index in [-0.39, 0.29) is 18.0 Å². The van der Waals surface area contributed by atoms with Crippen LogP contribution in [0.1, 0.15) is 0 Å². The molecule has 0 atom stereocenters. The topological polar surface area (TPSA) is 191 Å². The predicted octanol–water partition coefficient (Wildman–Crippen LogP) is -3.25. The van der Waals surface area contributed by atoms with Gasteiger partial charge in [-0.15, -0.1) is 0 Å². The lowest BCUT2D eigenvalue weighted by atomic mass is 10.2. The highest BCUT2D eigenvalue weighted by atomic mass is 16.7. The Morgan fingerprint density at radius 1 is 0.632 bits per heavy atom. The summed E-state index contributed by atoms with van der Waals surface area (Å²) in [6.45, 7) is 0. The van der Waals surface area contributed by atoms with Gasteiger partial charge in [-0.2, -0.15) is 15.6 Å². The molecule has 0 fully saturated rings. The average molecular weight is 266 g/mol. The molecule has 0 radical (unpaired) electrons. The van der Waals surface area contributed by atoms with Gasteiger partial charge in [0.2, 0.25) is 0 Å². The molecule has 0 amide bonds. The molecule has 19 heavy (non-hydrogen) atoms. The quantitative estimate of drug-likeness (QED) is 0.378. The predicted molar refractivity (Wildman–Crippen MR) is 50.2 cm³/mol. The van der Waals surface area contributed by atoms with E-state index in [1.807, 2.05) is 0 Å². The van der Waals surface area contributed by atoms with Crippen LogP contribution in [0.5, 0.6) is 18.0 Å². The Kier molecular flexibility index (Phi) is 2.78. The van der Waals surface area contributed by atoms with Gasteiger partial charge >= 0.3 is 25.4 Å². The molecular formula is C3H3BN12O3. The van der Waals surface area contributed by atoms with Crippen molar-refractivity contribution >= 4 is 7.32 Å². The molecular weight excluding hydrogens is 263 g/mol. The van der Waals surface area contributed by atoms with Gasteiger partial charge in [0.05, 0.1) is 0 Å². The first-order valence-electron chi connectivity index (χ1n) is 4.60. The molecule has 3 rings (SSSR count). The minimum atomic E-state index is -1.37. The number of H-pyrrole nitrogens is 3. The number of rotatable bonds is 6. The van der Waals surface area contributed by atoms with Gasteiger partial charge in [-0.1, -0.05) is 30.6 Å². The van der Waals surface area contributed by atoms with Gasteiger partial charge in [0.1, 0.15) is 0 Å². The maximum Gasteiger partial charge on any atom is 0.870 e. The van der Waals surface area contributed by atoms with Gasteiger partial charge in [0, 0.05) is 0 Å². The SMILES string of the molecule is n1nc(OB(Oc2nn[nH]n2)Oc2nn[nH]n2)n[nH]1. The zero-order valence-electron chi connectivity index (χ0n) is 8.83. The normalized spacial score (nSPS) is 10.1. The highest BCUT2D eigenvalue weighted by Gasteiger charge is 2.35. The van der Waals surface area contributed by atoms with Crippen LogP contribution in [-0.4, -0.2) is 69.2 Å². The first-order valence-corrected chi connectivity index (χ1v) is 4.60. The number of nitrogens with one attached hydrogen (secondary N) is 3. The summed E-state index contributed by atoms with van der Waals surface area (Å²) in [6, 6.07) is -0.383. The average Bonchev–Trinajstić information content (AvgIpc) is 3.10. The molecule has 16 heteroatoms. The summed E-state index contributed by atoms with van der Waals surface area (Å²) in [4.78, 5) is 0. The lowest BCUT2D eigenvalue weighted by Gasteiger charge is -2.08. The number of aromatic amines is 3. The maximum atomic E-state index is 5.10. The van der Waals surface area contributed by atoms with E-state index in [2.05, 4.69) is 61.9 Å². The van der Waals surface area contributed by atoms with E-state index in [9.17, 15) is 0 Å². The molecule has 0 spiro atoms. The zero-order chi connectivity index (χ0) is 12.9. The van der Waals surface area contributed by atoms with Gasteiger partial charge < -0.3 is 14.0 Å². The number of nitrogens with zero attached hydrogens (tertiary/aromatic N) is 9. The van der Waals surface area contributed by atoms with Crippen molar-refractivity contribution in [3.05, 3.63) is 0 Å². The first-order chi connectivity index (χ1) is 9.40. The largest absolute Gasteiger partial charge is 0.870 e. The van der Waals surface area contributed by atoms with E-state index < -0.39 is 7.32 Å². The van der Waals surface area contributed by atoms with Crippen LogP contribution >= 0.6 is 0 Å². The second-order valence-electron chi connectivity index (χ2n) is 2.73. The molecule has 3 aromatic rings. The summed E-state index contributed by atoms with van der Waals surface area (Å²) in [6.07, 6.45) is 0. The summed E-state index contributed by atoms with van der Waals surface area (Å²) in [7, 11) is -1.37. The Morgan fingerprint density at radius 3 is 1.26 bits per heavy atom. The lowest BCUT2D eigenvalue weighted by Crippen LogP contribution is -2.38. The Labute approximate surface area is 102 Å². The summed E-state index contributed by atoms with van der Waals surface area (Å²) < 4.78 is 15.3. The van der Waals surface area contributed by atoms with Crippen LogP contribution in [-0.2, 0) is 0 Å². The van der Waals surface area contributed by atoms with E-state index in [4.69, 9.17) is 14.0 Å². The van der Waals surface area contributed by atoms with Gasteiger partial charge in [-0.3, -0.25) is 0 Å². The van der Waals surface area contributed by atoms with Crippen LogP contribution in [0.4, 0.5) is 0 Å². The molecule has 96 valence electrons. The third-order valence-corrected chi connectivity index (χ3v) is 1.58. The Bertz CT molecular complexity index is 492. The summed E-state index contributed by atoms with van der Waals surface area (Å²) in [5, 5.41) is 37.8. The fourth-order valence-corrected chi connectivity index (χ4v) is 0.938. The number of hydrogen-bond donors (Lipinski definition) is 3. The first kappa shape index (κ1) is 10.8. The van der Waals surface area contributed by atoms with E-state index in [0.717, 1.165) is 0 Å². The Morgan fingerprint density at radius 2 is 1.00 bits per heavy atom. The zero-order valence-corrected chi connectivity index (χ0v) is 8.83. The Hall–Kier alpha value is -3.33. The maximum absolute atomic E-state index is 5.10. The minimum Gasteiger partial charge on any atom is -0.457 e. The van der Waals surface area contributed by atoms with Crippen LogP contribution in [0.15, 0.2) is 0 Å². The molecule has 0 saturated carbocycles. The molecule has 0 unspecified atom stereocenters.